The summed E-state index contributed by atoms with van der Waals surface area (Å²) < 4.78 is 20.6. The van der Waals surface area contributed by atoms with Crippen LogP contribution in [0.4, 0.5) is 4.39 Å². The molecule has 9 heteroatoms. The molecule has 5 rings (SSSR count). The first-order valence-corrected chi connectivity index (χ1v) is 10.5. The molecule has 0 saturated carbocycles. The Labute approximate surface area is 189 Å². The van der Waals surface area contributed by atoms with Crippen molar-refractivity contribution in [2.24, 2.45) is 0 Å². The number of rotatable bonds is 4. The number of amides is 1. The van der Waals surface area contributed by atoms with Crippen molar-refractivity contribution in [1.29, 1.82) is 0 Å². The highest BCUT2D eigenvalue weighted by Gasteiger charge is 2.37. The third-order valence-electron chi connectivity index (χ3n) is 6.10. The first-order valence-electron chi connectivity index (χ1n) is 10.5. The van der Waals surface area contributed by atoms with Gasteiger partial charge in [0.2, 0.25) is 0 Å². The second-order valence-corrected chi connectivity index (χ2v) is 8.27. The lowest BCUT2D eigenvalue weighted by molar-refractivity contribution is 0.0727. The van der Waals surface area contributed by atoms with Gasteiger partial charge < -0.3 is 14.6 Å². The number of imidazole rings is 1. The minimum atomic E-state index is -0.760. The molecule has 1 aliphatic rings. The lowest BCUT2D eigenvalue weighted by atomic mass is 10.1. The van der Waals surface area contributed by atoms with E-state index in [2.05, 4.69) is 21.8 Å². The second-order valence-electron chi connectivity index (χ2n) is 8.27. The molecule has 0 spiro atoms. The van der Waals surface area contributed by atoms with Gasteiger partial charge >= 0.3 is 0 Å². The lowest BCUT2D eigenvalue weighted by Gasteiger charge is -2.24. The molecule has 33 heavy (non-hydrogen) atoms. The highest BCUT2D eigenvalue weighted by molar-refractivity contribution is 5.99. The van der Waals surface area contributed by atoms with Gasteiger partial charge in [-0.1, -0.05) is 12.2 Å². The number of halogens is 1. The monoisotopic (exact) mass is 446 g/mol. The Hall–Kier alpha value is -4.01. The maximum atomic E-state index is 15.4. The van der Waals surface area contributed by atoms with Crippen molar-refractivity contribution in [3.05, 3.63) is 77.1 Å². The van der Waals surface area contributed by atoms with Crippen molar-refractivity contribution < 1.29 is 13.9 Å². The van der Waals surface area contributed by atoms with E-state index in [9.17, 15) is 4.79 Å². The van der Waals surface area contributed by atoms with Gasteiger partial charge in [0.1, 0.15) is 17.1 Å². The van der Waals surface area contributed by atoms with Gasteiger partial charge in [0, 0.05) is 6.54 Å². The molecule has 2 aromatic heterocycles. The second kappa shape index (κ2) is 7.84. The lowest BCUT2D eigenvalue weighted by Crippen LogP contribution is -2.33. The smallest absolute Gasteiger partial charge is 0.260 e. The van der Waals surface area contributed by atoms with Gasteiger partial charge in [0.15, 0.2) is 11.6 Å². The van der Waals surface area contributed by atoms with E-state index < -0.39 is 17.8 Å². The number of aromatic nitrogens is 5. The number of methoxy groups -OCH3 is 1. The predicted molar refractivity (Wildman–Crippen MR) is 121 cm³/mol. The van der Waals surface area contributed by atoms with Crippen molar-refractivity contribution in [2.45, 2.75) is 26.3 Å². The van der Waals surface area contributed by atoms with Crippen LogP contribution >= 0.6 is 0 Å². The molecule has 1 fully saturated rings. The molecule has 0 bridgehead atoms. The summed E-state index contributed by atoms with van der Waals surface area (Å²) in [6, 6.07) is 6.68. The highest BCUT2D eigenvalue weighted by Crippen LogP contribution is 2.37. The number of carbonyl (C=O) groups is 1. The summed E-state index contributed by atoms with van der Waals surface area (Å²) in [5, 5.41) is 8.16. The summed E-state index contributed by atoms with van der Waals surface area (Å²) >= 11 is 0. The topological polar surface area (TPSA) is 88.9 Å². The Morgan fingerprint density at radius 1 is 1.21 bits per heavy atom. The summed E-state index contributed by atoms with van der Waals surface area (Å²) in [6.07, 6.45) is 3.47. The molecule has 1 atom stereocenters. The fraction of sp³-hybridized carbons (Fsp3) is 0.250. The van der Waals surface area contributed by atoms with Crippen molar-refractivity contribution in [2.75, 3.05) is 13.7 Å². The molecule has 0 aliphatic carbocycles. The van der Waals surface area contributed by atoms with Crippen LogP contribution in [-0.4, -0.2) is 49.4 Å². The minimum absolute atomic E-state index is 0.0292. The van der Waals surface area contributed by atoms with Gasteiger partial charge in [-0.25, -0.2) is 9.37 Å². The third-order valence-corrected chi connectivity index (χ3v) is 6.10. The number of nitrogens with zero attached hydrogens (tertiary/aromatic N) is 5. The van der Waals surface area contributed by atoms with Crippen LogP contribution in [0.3, 0.4) is 0 Å². The quantitative estimate of drug-likeness (QED) is 0.478. The number of hydrogen-bond donors (Lipinski definition) is 1. The summed E-state index contributed by atoms with van der Waals surface area (Å²) in [5.74, 6) is -0.651. The number of benzene rings is 2. The van der Waals surface area contributed by atoms with Gasteiger partial charge in [0.05, 0.1) is 36.6 Å². The van der Waals surface area contributed by atoms with Crippen LogP contribution in [-0.2, 0) is 0 Å². The van der Waals surface area contributed by atoms with Crippen LogP contribution < -0.4 is 4.74 Å². The maximum Gasteiger partial charge on any atom is 0.260 e. The molecule has 4 aromatic rings. The first-order chi connectivity index (χ1) is 15.9. The summed E-state index contributed by atoms with van der Waals surface area (Å²) in [5.41, 5.74) is 4.95. The number of fused-ring (bicyclic) bond motifs is 1. The highest BCUT2D eigenvalue weighted by atomic mass is 19.1. The zero-order valence-electron chi connectivity index (χ0n) is 18.6. The van der Waals surface area contributed by atoms with Crippen LogP contribution in [0.25, 0.3) is 16.7 Å². The number of aryl methyl sites for hydroxylation is 2. The zero-order valence-corrected chi connectivity index (χ0v) is 18.6. The molecular formula is C24H23FN6O2. The minimum Gasteiger partial charge on any atom is -0.494 e. The van der Waals surface area contributed by atoms with E-state index in [1.807, 2.05) is 26.0 Å². The fourth-order valence-electron chi connectivity index (χ4n) is 4.26. The van der Waals surface area contributed by atoms with E-state index in [0.29, 0.717) is 18.8 Å². The Balaban J connectivity index is 1.60. The summed E-state index contributed by atoms with van der Waals surface area (Å²) in [4.78, 5) is 24.7. The largest absolute Gasteiger partial charge is 0.494 e. The average Bonchev–Trinajstić information content (AvgIpc) is 3.53. The van der Waals surface area contributed by atoms with Crippen molar-refractivity contribution in [3.63, 3.8) is 0 Å². The number of likely N-dealkylation sites (tertiary alicyclic amines) is 1. The van der Waals surface area contributed by atoms with Crippen molar-refractivity contribution >= 4 is 16.9 Å². The van der Waals surface area contributed by atoms with Gasteiger partial charge in [-0.2, -0.15) is 15.0 Å². The fourth-order valence-corrected chi connectivity index (χ4v) is 4.26. The molecule has 3 heterocycles. The molecule has 1 unspecified atom stereocenters. The zero-order chi connectivity index (χ0) is 23.3. The van der Waals surface area contributed by atoms with Crippen LogP contribution in [0, 0.1) is 19.7 Å². The molecule has 8 nitrogen and oxygen atoms in total. The number of aromatic amines is 1. The van der Waals surface area contributed by atoms with Gasteiger partial charge in [0.25, 0.3) is 5.91 Å². The number of H-pyrrole nitrogens is 1. The number of ether oxygens (including phenoxy) is 1. The normalized spacial score (nSPS) is 16.1. The molecule has 1 aliphatic heterocycles. The third kappa shape index (κ3) is 3.45. The molecular weight excluding hydrogens is 423 g/mol. The number of hydrogen-bond acceptors (Lipinski definition) is 5. The molecule has 0 radical (unpaired) electrons. The Kier molecular flexibility index (Phi) is 4.96. The molecule has 168 valence electrons. The van der Waals surface area contributed by atoms with Gasteiger partial charge in [-0.05, 0) is 55.7 Å². The number of carbonyl (C=O) groups excluding carboxylic acids is 1. The van der Waals surface area contributed by atoms with Crippen LogP contribution in [0.5, 0.6) is 5.75 Å². The Morgan fingerprint density at radius 2 is 1.94 bits per heavy atom. The van der Waals surface area contributed by atoms with E-state index in [4.69, 9.17) is 9.72 Å². The molecule has 2 aromatic carbocycles. The van der Waals surface area contributed by atoms with E-state index in [1.54, 1.807) is 11.0 Å². The van der Waals surface area contributed by atoms with Gasteiger partial charge in [-0.3, -0.25) is 4.79 Å². The van der Waals surface area contributed by atoms with Crippen LogP contribution in [0.15, 0.2) is 48.8 Å². The predicted octanol–water partition coefficient (Wildman–Crippen LogP) is 4.05. The Bertz CT molecular complexity index is 1350. The Morgan fingerprint density at radius 3 is 2.67 bits per heavy atom. The molecule has 1 N–H and O–H groups in total. The summed E-state index contributed by atoms with van der Waals surface area (Å²) in [7, 11) is 1.36. The first kappa shape index (κ1) is 20.9. The van der Waals surface area contributed by atoms with Crippen molar-refractivity contribution in [3.8, 4) is 11.4 Å². The van der Waals surface area contributed by atoms with E-state index >= 15 is 4.39 Å². The van der Waals surface area contributed by atoms with E-state index in [0.717, 1.165) is 27.7 Å². The van der Waals surface area contributed by atoms with Crippen molar-refractivity contribution in [1.82, 2.24) is 29.9 Å². The van der Waals surface area contributed by atoms with Crippen LogP contribution in [0.2, 0.25) is 0 Å². The molecule has 1 saturated heterocycles. The SMILES string of the molecule is C=C1CC(c2nc3cc(C)c(C)cc3[nH]2)N(C(=O)c2c(-n3nccn3)ccc(OC)c2F)C1. The van der Waals surface area contributed by atoms with Gasteiger partial charge in [-0.15, -0.1) is 0 Å². The van der Waals surface area contributed by atoms with E-state index in [1.165, 1.54) is 30.4 Å². The summed E-state index contributed by atoms with van der Waals surface area (Å²) in [6.45, 7) is 8.45. The average molecular weight is 446 g/mol. The standard InChI is InChI=1S/C24H23FN6O2/c1-13-9-19(23-28-16-10-14(2)15(3)11-17(16)29-23)30(12-13)24(32)21-18(31-26-7-8-27-31)5-6-20(33-4)22(21)25/h5-8,10-11,19H,1,9,12H2,2-4H3,(H,28,29). The van der Waals surface area contributed by atoms with Crippen LogP contribution in [0.1, 0.15) is 39.8 Å². The molecule has 1 amide bonds. The number of nitrogens with one attached hydrogen (secondary N) is 1. The maximum absolute atomic E-state index is 15.4. The van der Waals surface area contributed by atoms with E-state index in [-0.39, 0.29) is 17.0 Å².